The number of benzene rings is 2. The van der Waals surface area contributed by atoms with E-state index in [-0.39, 0.29) is 34.6 Å². The molecule has 41 heavy (non-hydrogen) atoms. The lowest BCUT2D eigenvalue weighted by atomic mass is 10.1. The number of nitrogens with zero attached hydrogens (tertiary/aromatic N) is 4. The Balaban J connectivity index is 1.60. The van der Waals surface area contributed by atoms with Crippen LogP contribution in [0.4, 0.5) is 36.2 Å². The van der Waals surface area contributed by atoms with E-state index >= 15 is 0 Å². The fourth-order valence-electron chi connectivity index (χ4n) is 4.17. The van der Waals surface area contributed by atoms with E-state index < -0.39 is 23.5 Å². The second-order valence-corrected chi connectivity index (χ2v) is 9.14. The minimum Gasteiger partial charge on any atom is -0.438 e. The van der Waals surface area contributed by atoms with E-state index in [1.165, 1.54) is 38.1 Å². The van der Waals surface area contributed by atoms with Gasteiger partial charge in [0.05, 0.1) is 5.69 Å². The third kappa shape index (κ3) is 7.18. The van der Waals surface area contributed by atoms with E-state index in [0.717, 1.165) is 11.8 Å². The van der Waals surface area contributed by atoms with Crippen molar-refractivity contribution in [2.24, 2.45) is 0 Å². The van der Waals surface area contributed by atoms with Crippen molar-refractivity contribution in [3.63, 3.8) is 0 Å². The standard InChI is InChI=1S/C28H27F3N6O4/c1-4-25(40)33-19-6-5-7-21(14-19)41-26-23(28(29,30)31)16-32-27(35-26)34-24-9-8-20(15-22(24)17(2)38)37-12-10-36(11-13-37)18(3)39/h4-9,14-16H,1,10-13H2,2-3H3,(H,33,40)(H,32,34,35). The van der Waals surface area contributed by atoms with Crippen LogP contribution in [0.5, 0.6) is 11.6 Å². The Morgan fingerprint density at radius 2 is 1.78 bits per heavy atom. The molecule has 0 aliphatic carbocycles. The molecule has 2 heterocycles. The highest BCUT2D eigenvalue weighted by Gasteiger charge is 2.36. The molecule has 0 bridgehead atoms. The van der Waals surface area contributed by atoms with Gasteiger partial charge in [-0.1, -0.05) is 12.6 Å². The van der Waals surface area contributed by atoms with Crippen LogP contribution in [0, 0.1) is 0 Å². The first-order valence-corrected chi connectivity index (χ1v) is 12.5. The molecule has 214 valence electrons. The Hall–Kier alpha value is -4.94. The highest BCUT2D eigenvalue weighted by Crippen LogP contribution is 2.38. The number of amides is 2. The molecule has 0 atom stereocenters. The average molecular weight is 569 g/mol. The number of anilines is 4. The molecule has 0 radical (unpaired) electrons. The third-order valence-corrected chi connectivity index (χ3v) is 6.28. The summed E-state index contributed by atoms with van der Waals surface area (Å²) in [5.74, 6) is -1.79. The Morgan fingerprint density at radius 3 is 2.41 bits per heavy atom. The van der Waals surface area contributed by atoms with Gasteiger partial charge in [-0.05, 0) is 43.3 Å². The smallest absolute Gasteiger partial charge is 0.423 e. The van der Waals surface area contributed by atoms with Gasteiger partial charge in [0, 0.05) is 62.3 Å². The number of carbonyl (C=O) groups is 3. The number of aromatic nitrogens is 2. The van der Waals surface area contributed by atoms with Crippen molar-refractivity contribution in [1.29, 1.82) is 0 Å². The third-order valence-electron chi connectivity index (χ3n) is 6.28. The number of alkyl halides is 3. The van der Waals surface area contributed by atoms with Gasteiger partial charge in [0.25, 0.3) is 0 Å². The summed E-state index contributed by atoms with van der Waals surface area (Å²) in [5, 5.41) is 5.33. The van der Waals surface area contributed by atoms with Gasteiger partial charge < -0.3 is 25.2 Å². The molecule has 1 fully saturated rings. The molecule has 1 aliphatic heterocycles. The van der Waals surface area contributed by atoms with Crippen LogP contribution in [0.2, 0.25) is 0 Å². The van der Waals surface area contributed by atoms with Crippen molar-refractivity contribution in [3.05, 3.63) is 72.4 Å². The first-order valence-electron chi connectivity index (χ1n) is 12.5. The Bertz CT molecular complexity index is 1490. The summed E-state index contributed by atoms with van der Waals surface area (Å²) in [7, 11) is 0. The van der Waals surface area contributed by atoms with Crippen LogP contribution in [-0.4, -0.2) is 58.6 Å². The number of ether oxygens (including phenoxy) is 1. The first kappa shape index (κ1) is 29.1. The molecule has 4 rings (SSSR count). The molecule has 1 aromatic heterocycles. The Labute approximate surface area is 233 Å². The van der Waals surface area contributed by atoms with Crippen LogP contribution in [0.15, 0.2) is 61.3 Å². The highest BCUT2D eigenvalue weighted by atomic mass is 19.4. The van der Waals surface area contributed by atoms with Crippen LogP contribution in [0.3, 0.4) is 0 Å². The number of piperazine rings is 1. The molecule has 1 saturated heterocycles. The minimum absolute atomic E-state index is 0.000630. The number of Topliss-reactive ketones (excluding diaryl/α,β-unsaturated/α-hetero) is 1. The van der Waals surface area contributed by atoms with Crippen LogP contribution in [0.25, 0.3) is 0 Å². The average Bonchev–Trinajstić information content (AvgIpc) is 2.93. The Kier molecular flexibility index (Phi) is 8.55. The monoisotopic (exact) mass is 568 g/mol. The number of nitrogens with one attached hydrogen (secondary N) is 2. The molecule has 0 unspecified atom stereocenters. The van der Waals surface area contributed by atoms with Gasteiger partial charge in [0.15, 0.2) is 5.78 Å². The van der Waals surface area contributed by atoms with Crippen molar-refractivity contribution < 1.29 is 32.3 Å². The first-order chi connectivity index (χ1) is 19.4. The van der Waals surface area contributed by atoms with E-state index in [2.05, 4.69) is 27.2 Å². The van der Waals surface area contributed by atoms with Gasteiger partial charge in [-0.15, -0.1) is 0 Å². The van der Waals surface area contributed by atoms with Crippen molar-refractivity contribution in [2.75, 3.05) is 41.7 Å². The molecule has 1 aliphatic rings. The fourth-order valence-corrected chi connectivity index (χ4v) is 4.17. The van der Waals surface area contributed by atoms with Gasteiger partial charge >= 0.3 is 6.18 Å². The van der Waals surface area contributed by atoms with E-state index in [1.807, 2.05) is 4.90 Å². The van der Waals surface area contributed by atoms with Gasteiger partial charge in [0.2, 0.25) is 23.6 Å². The number of carbonyl (C=O) groups excluding carboxylic acids is 3. The number of halogens is 3. The van der Waals surface area contributed by atoms with Crippen LogP contribution in [-0.2, 0) is 15.8 Å². The largest absolute Gasteiger partial charge is 0.438 e. The fraction of sp³-hybridized carbons (Fsp3) is 0.250. The van der Waals surface area contributed by atoms with Crippen LogP contribution in [0.1, 0.15) is 29.8 Å². The molecule has 10 nitrogen and oxygen atoms in total. The molecular weight excluding hydrogens is 541 g/mol. The quantitative estimate of drug-likeness (QED) is 0.287. The predicted molar refractivity (Wildman–Crippen MR) is 147 cm³/mol. The van der Waals surface area contributed by atoms with Gasteiger partial charge in [-0.3, -0.25) is 14.4 Å². The maximum absolute atomic E-state index is 13.7. The van der Waals surface area contributed by atoms with Gasteiger partial charge in [0.1, 0.15) is 11.3 Å². The molecule has 3 aromatic rings. The summed E-state index contributed by atoms with van der Waals surface area (Å²) in [6.45, 7) is 8.53. The zero-order valence-electron chi connectivity index (χ0n) is 22.3. The summed E-state index contributed by atoms with van der Waals surface area (Å²) in [4.78, 5) is 47.2. The van der Waals surface area contributed by atoms with Crippen molar-refractivity contribution in [1.82, 2.24) is 14.9 Å². The van der Waals surface area contributed by atoms with Gasteiger partial charge in [-0.2, -0.15) is 18.2 Å². The molecule has 2 amide bonds. The molecule has 0 saturated carbocycles. The van der Waals surface area contributed by atoms with Crippen molar-refractivity contribution >= 4 is 40.6 Å². The van der Waals surface area contributed by atoms with E-state index in [0.29, 0.717) is 38.1 Å². The van der Waals surface area contributed by atoms with E-state index in [9.17, 15) is 27.6 Å². The van der Waals surface area contributed by atoms with Crippen molar-refractivity contribution in [2.45, 2.75) is 20.0 Å². The second-order valence-electron chi connectivity index (χ2n) is 9.14. The summed E-state index contributed by atoms with van der Waals surface area (Å²) in [6.07, 6.45) is -3.18. The zero-order chi connectivity index (χ0) is 29.7. The number of hydrogen-bond donors (Lipinski definition) is 2. The van der Waals surface area contributed by atoms with E-state index in [1.54, 1.807) is 23.1 Å². The molecule has 0 spiro atoms. The normalized spacial score (nSPS) is 13.4. The second kappa shape index (κ2) is 12.1. The SMILES string of the molecule is C=CC(=O)Nc1cccc(Oc2nc(Nc3ccc(N4CCN(C(C)=O)CC4)cc3C(C)=O)ncc2C(F)(F)F)c1. The molecular formula is C28H27F3N6O4. The number of hydrogen-bond acceptors (Lipinski definition) is 8. The maximum Gasteiger partial charge on any atom is 0.423 e. The topological polar surface area (TPSA) is 117 Å². The lowest BCUT2D eigenvalue weighted by molar-refractivity contribution is -0.139. The predicted octanol–water partition coefficient (Wildman–Crippen LogP) is 5.03. The zero-order valence-corrected chi connectivity index (χ0v) is 22.3. The lowest BCUT2D eigenvalue weighted by Crippen LogP contribution is -2.48. The number of rotatable bonds is 8. The summed E-state index contributed by atoms with van der Waals surface area (Å²) in [5.41, 5.74) is 0.416. The molecule has 2 N–H and O–H groups in total. The number of ketones is 1. The minimum atomic E-state index is -4.82. The summed E-state index contributed by atoms with van der Waals surface area (Å²) < 4.78 is 46.7. The molecule has 13 heteroatoms. The van der Waals surface area contributed by atoms with Crippen LogP contribution < -0.4 is 20.3 Å². The lowest BCUT2D eigenvalue weighted by Gasteiger charge is -2.35. The Morgan fingerprint density at radius 1 is 1.05 bits per heavy atom. The van der Waals surface area contributed by atoms with Gasteiger partial charge in [-0.25, -0.2) is 4.98 Å². The summed E-state index contributed by atoms with van der Waals surface area (Å²) in [6, 6.07) is 10.8. The summed E-state index contributed by atoms with van der Waals surface area (Å²) >= 11 is 0. The highest BCUT2D eigenvalue weighted by molar-refractivity contribution is 6.01. The maximum atomic E-state index is 13.7. The van der Waals surface area contributed by atoms with Crippen molar-refractivity contribution in [3.8, 4) is 11.6 Å². The van der Waals surface area contributed by atoms with Crippen LogP contribution >= 0.6 is 0 Å². The molecule has 2 aromatic carbocycles. The van der Waals surface area contributed by atoms with E-state index in [4.69, 9.17) is 4.74 Å².